The van der Waals surface area contributed by atoms with Crippen molar-refractivity contribution < 1.29 is 14.3 Å². The molecule has 0 fully saturated rings. The first-order valence-electron chi connectivity index (χ1n) is 8.38. The second kappa shape index (κ2) is 9.25. The average molecular weight is 375 g/mol. The standard InChI is InChI=1S/C20H23ClN2O3/c1-13-10-14(2)20(15(3)11-13)23-19(25)12-22-18(24)8-9-26-17-6-4-16(21)5-7-17/h4-7,10-11H,8-9,12H2,1-3H3,(H,22,24)(H,23,25). The van der Waals surface area contributed by atoms with Gasteiger partial charge in [-0.05, 0) is 56.2 Å². The molecule has 0 heterocycles. The molecule has 0 atom stereocenters. The Balaban J connectivity index is 1.73. The van der Waals surface area contributed by atoms with E-state index in [-0.39, 0.29) is 31.4 Å². The van der Waals surface area contributed by atoms with Gasteiger partial charge in [0.15, 0.2) is 0 Å². The van der Waals surface area contributed by atoms with Gasteiger partial charge < -0.3 is 15.4 Å². The van der Waals surface area contributed by atoms with Crippen molar-refractivity contribution in [2.75, 3.05) is 18.5 Å². The molecule has 5 nitrogen and oxygen atoms in total. The van der Waals surface area contributed by atoms with Gasteiger partial charge in [0.25, 0.3) is 0 Å². The van der Waals surface area contributed by atoms with Crippen molar-refractivity contribution in [3.05, 3.63) is 58.1 Å². The molecule has 2 aromatic carbocycles. The molecule has 2 rings (SSSR count). The smallest absolute Gasteiger partial charge is 0.243 e. The fourth-order valence-corrected chi connectivity index (χ4v) is 2.75. The zero-order valence-electron chi connectivity index (χ0n) is 15.2. The molecule has 0 aliphatic heterocycles. The number of halogens is 1. The number of aryl methyl sites for hydroxylation is 3. The van der Waals surface area contributed by atoms with Gasteiger partial charge in [-0.25, -0.2) is 0 Å². The van der Waals surface area contributed by atoms with Crippen LogP contribution in [0.5, 0.6) is 5.75 Å². The van der Waals surface area contributed by atoms with Crippen molar-refractivity contribution in [2.45, 2.75) is 27.2 Å². The highest BCUT2D eigenvalue weighted by Crippen LogP contribution is 2.21. The Morgan fingerprint density at radius 2 is 1.62 bits per heavy atom. The molecule has 0 unspecified atom stereocenters. The number of amides is 2. The van der Waals surface area contributed by atoms with Crippen LogP contribution in [0.3, 0.4) is 0 Å². The molecule has 0 saturated heterocycles. The van der Waals surface area contributed by atoms with Crippen molar-refractivity contribution >= 4 is 29.1 Å². The van der Waals surface area contributed by atoms with Gasteiger partial charge in [0, 0.05) is 10.7 Å². The summed E-state index contributed by atoms with van der Waals surface area (Å²) < 4.78 is 5.46. The van der Waals surface area contributed by atoms with Crippen LogP contribution >= 0.6 is 11.6 Å². The predicted molar refractivity (Wildman–Crippen MR) is 104 cm³/mol. The molecular formula is C20H23ClN2O3. The fourth-order valence-electron chi connectivity index (χ4n) is 2.62. The molecule has 0 aliphatic carbocycles. The predicted octanol–water partition coefficient (Wildman–Crippen LogP) is 3.79. The zero-order valence-corrected chi connectivity index (χ0v) is 15.9. The number of hydrogen-bond acceptors (Lipinski definition) is 3. The number of carbonyl (C=O) groups is 2. The van der Waals surface area contributed by atoms with Gasteiger partial charge in [0.2, 0.25) is 11.8 Å². The number of ether oxygens (including phenoxy) is 1. The minimum absolute atomic E-state index is 0.0769. The van der Waals surface area contributed by atoms with Gasteiger partial charge in [-0.15, -0.1) is 0 Å². The average Bonchev–Trinajstić information content (AvgIpc) is 2.58. The van der Waals surface area contributed by atoms with Crippen LogP contribution in [0.4, 0.5) is 5.69 Å². The van der Waals surface area contributed by atoms with E-state index < -0.39 is 0 Å². The first-order chi connectivity index (χ1) is 12.3. The van der Waals surface area contributed by atoms with Crippen LogP contribution in [0.1, 0.15) is 23.1 Å². The van der Waals surface area contributed by atoms with Crippen LogP contribution in [-0.2, 0) is 9.59 Å². The van der Waals surface area contributed by atoms with E-state index in [1.807, 2.05) is 32.9 Å². The molecule has 0 aromatic heterocycles. The molecule has 138 valence electrons. The molecule has 0 aliphatic rings. The maximum Gasteiger partial charge on any atom is 0.243 e. The van der Waals surface area contributed by atoms with Gasteiger partial charge in [0.05, 0.1) is 19.6 Å². The summed E-state index contributed by atoms with van der Waals surface area (Å²) in [7, 11) is 0. The van der Waals surface area contributed by atoms with E-state index in [4.69, 9.17) is 16.3 Å². The number of anilines is 1. The van der Waals surface area contributed by atoms with E-state index in [9.17, 15) is 9.59 Å². The Hall–Kier alpha value is -2.53. The van der Waals surface area contributed by atoms with E-state index in [1.165, 1.54) is 0 Å². The lowest BCUT2D eigenvalue weighted by Crippen LogP contribution is -2.33. The van der Waals surface area contributed by atoms with Gasteiger partial charge in [-0.3, -0.25) is 9.59 Å². The summed E-state index contributed by atoms with van der Waals surface area (Å²) in [4.78, 5) is 23.9. The van der Waals surface area contributed by atoms with Gasteiger partial charge >= 0.3 is 0 Å². The molecule has 0 saturated carbocycles. The van der Waals surface area contributed by atoms with E-state index in [0.717, 1.165) is 22.4 Å². The van der Waals surface area contributed by atoms with Crippen molar-refractivity contribution in [1.82, 2.24) is 5.32 Å². The topological polar surface area (TPSA) is 67.4 Å². The normalized spacial score (nSPS) is 10.3. The first-order valence-corrected chi connectivity index (χ1v) is 8.75. The van der Waals surface area contributed by atoms with Crippen molar-refractivity contribution in [3.63, 3.8) is 0 Å². The quantitative estimate of drug-likeness (QED) is 0.774. The summed E-state index contributed by atoms with van der Waals surface area (Å²) >= 11 is 5.79. The lowest BCUT2D eigenvalue weighted by Gasteiger charge is -2.13. The molecule has 2 amide bonds. The second-order valence-electron chi connectivity index (χ2n) is 6.15. The minimum atomic E-state index is -0.257. The fraction of sp³-hybridized carbons (Fsp3) is 0.300. The summed E-state index contributed by atoms with van der Waals surface area (Å²) in [5, 5.41) is 6.07. The molecular weight excluding hydrogens is 352 g/mol. The largest absolute Gasteiger partial charge is 0.493 e. The van der Waals surface area contributed by atoms with E-state index in [0.29, 0.717) is 10.8 Å². The highest BCUT2D eigenvalue weighted by atomic mass is 35.5. The van der Waals surface area contributed by atoms with Crippen LogP contribution in [0, 0.1) is 20.8 Å². The van der Waals surface area contributed by atoms with Crippen LogP contribution in [0.2, 0.25) is 5.02 Å². The van der Waals surface area contributed by atoms with Gasteiger partial charge in [0.1, 0.15) is 5.75 Å². The molecule has 2 N–H and O–H groups in total. The van der Waals surface area contributed by atoms with Crippen LogP contribution in [0.15, 0.2) is 36.4 Å². The molecule has 0 bridgehead atoms. The van der Waals surface area contributed by atoms with Crippen molar-refractivity contribution in [3.8, 4) is 5.75 Å². The van der Waals surface area contributed by atoms with E-state index in [2.05, 4.69) is 10.6 Å². The number of nitrogens with one attached hydrogen (secondary N) is 2. The summed E-state index contributed by atoms with van der Waals surface area (Å²) in [6.07, 6.45) is 0.165. The molecule has 0 spiro atoms. The second-order valence-corrected chi connectivity index (χ2v) is 6.59. The SMILES string of the molecule is Cc1cc(C)c(NC(=O)CNC(=O)CCOc2ccc(Cl)cc2)c(C)c1. The molecule has 26 heavy (non-hydrogen) atoms. The molecule has 2 aromatic rings. The van der Waals surface area contributed by atoms with Crippen LogP contribution in [-0.4, -0.2) is 25.0 Å². The maximum atomic E-state index is 12.1. The molecule has 6 heteroatoms. The summed E-state index contributed by atoms with van der Waals surface area (Å²) in [5.74, 6) is 0.142. The maximum absolute atomic E-state index is 12.1. The Bertz CT molecular complexity index is 765. The third-order valence-corrected chi connectivity index (χ3v) is 4.05. The minimum Gasteiger partial charge on any atom is -0.493 e. The Morgan fingerprint density at radius 1 is 1.00 bits per heavy atom. The highest BCUT2D eigenvalue weighted by molar-refractivity contribution is 6.30. The lowest BCUT2D eigenvalue weighted by atomic mass is 10.1. The van der Waals surface area contributed by atoms with Crippen LogP contribution in [0.25, 0.3) is 0 Å². The Kier molecular flexibility index (Phi) is 7.04. The summed E-state index contributed by atoms with van der Waals surface area (Å²) in [5.41, 5.74) is 3.94. The van der Waals surface area contributed by atoms with E-state index >= 15 is 0 Å². The summed E-state index contributed by atoms with van der Waals surface area (Å²) in [6, 6.07) is 10.9. The number of carbonyl (C=O) groups excluding carboxylic acids is 2. The van der Waals surface area contributed by atoms with E-state index in [1.54, 1.807) is 24.3 Å². The third kappa shape index (κ3) is 6.08. The van der Waals surface area contributed by atoms with Gasteiger partial charge in [-0.1, -0.05) is 29.3 Å². The number of rotatable bonds is 7. The monoisotopic (exact) mass is 374 g/mol. The summed E-state index contributed by atoms with van der Waals surface area (Å²) in [6.45, 7) is 6.06. The number of hydrogen-bond donors (Lipinski definition) is 2. The highest BCUT2D eigenvalue weighted by Gasteiger charge is 2.10. The van der Waals surface area contributed by atoms with Gasteiger partial charge in [-0.2, -0.15) is 0 Å². The van der Waals surface area contributed by atoms with Crippen molar-refractivity contribution in [2.24, 2.45) is 0 Å². The number of benzene rings is 2. The Labute approximate surface area is 158 Å². The lowest BCUT2D eigenvalue weighted by molar-refractivity contribution is -0.124. The Morgan fingerprint density at radius 3 is 2.23 bits per heavy atom. The van der Waals surface area contributed by atoms with Crippen LogP contribution < -0.4 is 15.4 Å². The van der Waals surface area contributed by atoms with Crippen molar-refractivity contribution in [1.29, 1.82) is 0 Å². The molecule has 0 radical (unpaired) electrons. The third-order valence-electron chi connectivity index (χ3n) is 3.80. The zero-order chi connectivity index (χ0) is 19.1. The first kappa shape index (κ1) is 19.8.